The van der Waals surface area contributed by atoms with Crippen molar-refractivity contribution in [2.24, 2.45) is 0 Å². The normalized spacial score (nSPS) is 12.5. The van der Waals surface area contributed by atoms with Gasteiger partial charge in [0.05, 0.1) is 5.52 Å². The molecule has 21 heavy (non-hydrogen) atoms. The highest BCUT2D eigenvalue weighted by Crippen LogP contribution is 2.32. The van der Waals surface area contributed by atoms with E-state index in [-0.39, 0.29) is 10.6 Å². The van der Waals surface area contributed by atoms with Gasteiger partial charge in [0.1, 0.15) is 0 Å². The van der Waals surface area contributed by atoms with Crippen LogP contribution in [-0.2, 0) is 11.2 Å². The van der Waals surface area contributed by atoms with Gasteiger partial charge in [-0.2, -0.15) is 0 Å². The first-order valence-electron chi connectivity index (χ1n) is 6.09. The molecule has 0 bridgehead atoms. The van der Waals surface area contributed by atoms with Crippen molar-refractivity contribution in [3.8, 4) is 5.75 Å². The molecular formula is C15H10ClNO3S. The van der Waals surface area contributed by atoms with Crippen molar-refractivity contribution in [2.45, 2.75) is 9.79 Å². The van der Waals surface area contributed by atoms with Gasteiger partial charge in [0.25, 0.3) is 4.90 Å². The van der Waals surface area contributed by atoms with E-state index in [0.717, 1.165) is 0 Å². The van der Waals surface area contributed by atoms with Crippen LogP contribution in [0.2, 0.25) is 5.02 Å². The predicted molar refractivity (Wildman–Crippen MR) is 82.4 cm³/mol. The first-order chi connectivity index (χ1) is 10.1. The van der Waals surface area contributed by atoms with E-state index in [1.807, 2.05) is 0 Å². The summed E-state index contributed by atoms with van der Waals surface area (Å²) in [5.74, 6) is -0.285. The largest absolute Gasteiger partial charge is 0.606 e. The summed E-state index contributed by atoms with van der Waals surface area (Å²) in [4.78, 5) is 15.0. The second-order valence-corrected chi connectivity index (χ2v) is 6.26. The van der Waals surface area contributed by atoms with Crippen LogP contribution in [0.3, 0.4) is 0 Å². The van der Waals surface area contributed by atoms with Crippen LogP contribution < -0.4 is 5.56 Å². The van der Waals surface area contributed by atoms with E-state index in [4.69, 9.17) is 11.6 Å². The molecule has 3 aromatic rings. The summed E-state index contributed by atoms with van der Waals surface area (Å²) in [5.41, 5.74) is -0.191. The van der Waals surface area contributed by atoms with E-state index in [2.05, 4.69) is 4.98 Å². The monoisotopic (exact) mass is 319 g/mol. The zero-order valence-corrected chi connectivity index (χ0v) is 12.2. The minimum Gasteiger partial charge on any atom is -0.606 e. The topological polar surface area (TPSA) is 76.2 Å². The summed E-state index contributed by atoms with van der Waals surface area (Å²) in [5, 5.41) is 11.1. The number of nitrogens with one attached hydrogen (secondary N) is 1. The summed E-state index contributed by atoms with van der Waals surface area (Å²) >= 11 is 4.10. The first-order valence-corrected chi connectivity index (χ1v) is 7.62. The molecule has 4 nitrogen and oxygen atoms in total. The summed E-state index contributed by atoms with van der Waals surface area (Å²) in [6, 6.07) is 13.2. The van der Waals surface area contributed by atoms with Crippen molar-refractivity contribution in [3.63, 3.8) is 0 Å². The summed E-state index contributed by atoms with van der Waals surface area (Å²) in [6.45, 7) is 0. The number of fused-ring (bicyclic) bond motifs is 1. The molecule has 0 amide bonds. The van der Waals surface area contributed by atoms with Gasteiger partial charge in [0.15, 0.2) is 10.6 Å². The maximum atomic E-state index is 12.5. The van der Waals surface area contributed by atoms with E-state index in [9.17, 15) is 14.5 Å². The van der Waals surface area contributed by atoms with Gasteiger partial charge < -0.3 is 14.6 Å². The Morgan fingerprint density at radius 2 is 1.86 bits per heavy atom. The van der Waals surface area contributed by atoms with Crippen LogP contribution in [0, 0.1) is 0 Å². The van der Waals surface area contributed by atoms with Crippen LogP contribution in [0.15, 0.2) is 63.1 Å². The molecule has 0 fully saturated rings. The summed E-state index contributed by atoms with van der Waals surface area (Å²) < 4.78 is 12.5. The summed E-state index contributed by atoms with van der Waals surface area (Å²) in [7, 11) is 0. The average Bonchev–Trinajstić information content (AvgIpc) is 2.47. The van der Waals surface area contributed by atoms with Crippen LogP contribution in [0.1, 0.15) is 0 Å². The van der Waals surface area contributed by atoms with E-state index in [1.54, 1.807) is 42.5 Å². The standard InChI is InChI=1S/C15H10ClNO3S/c16-9-6-7-11-12(8-9)17-15(19)14(13(11)18)21(20)10-4-2-1-3-5-10/h1-8H,(H2,17,18,19). The third-order valence-corrected chi connectivity index (χ3v) is 4.73. The molecule has 106 valence electrons. The summed E-state index contributed by atoms with van der Waals surface area (Å²) in [6.07, 6.45) is 0. The molecule has 1 heterocycles. The van der Waals surface area contributed by atoms with Crippen molar-refractivity contribution in [2.75, 3.05) is 0 Å². The highest BCUT2D eigenvalue weighted by molar-refractivity contribution is 7.91. The Kier molecular flexibility index (Phi) is 3.63. The third-order valence-electron chi connectivity index (χ3n) is 3.05. The second kappa shape index (κ2) is 5.44. The lowest BCUT2D eigenvalue weighted by Gasteiger charge is -2.11. The molecule has 0 saturated heterocycles. The SMILES string of the molecule is O=c1[nH]c2cc(Cl)ccc2c(O)c1[S+]([O-])c1ccccc1. The maximum Gasteiger partial charge on any atom is 0.308 e. The minimum absolute atomic E-state index is 0.156. The van der Waals surface area contributed by atoms with Crippen LogP contribution in [0.25, 0.3) is 10.9 Å². The van der Waals surface area contributed by atoms with Gasteiger partial charge in [0.2, 0.25) is 0 Å². The van der Waals surface area contributed by atoms with E-state index in [1.165, 1.54) is 6.07 Å². The fraction of sp³-hybridized carbons (Fsp3) is 0. The van der Waals surface area contributed by atoms with Gasteiger partial charge in [-0.25, -0.2) is 0 Å². The number of aromatic nitrogens is 1. The van der Waals surface area contributed by atoms with Gasteiger partial charge in [0, 0.05) is 21.6 Å². The van der Waals surface area contributed by atoms with Crippen molar-refractivity contribution < 1.29 is 9.66 Å². The first kappa shape index (κ1) is 14.0. The number of benzene rings is 2. The lowest BCUT2D eigenvalue weighted by Crippen LogP contribution is -2.18. The van der Waals surface area contributed by atoms with Crippen LogP contribution >= 0.6 is 11.6 Å². The van der Waals surface area contributed by atoms with Crippen molar-refractivity contribution in [1.29, 1.82) is 0 Å². The van der Waals surface area contributed by atoms with E-state index < -0.39 is 16.7 Å². The molecule has 2 N–H and O–H groups in total. The van der Waals surface area contributed by atoms with Gasteiger partial charge >= 0.3 is 5.56 Å². The number of halogens is 1. The number of pyridine rings is 1. The Bertz CT molecular complexity index is 864. The van der Waals surface area contributed by atoms with E-state index >= 15 is 0 Å². The molecule has 2 aromatic carbocycles. The quantitative estimate of drug-likeness (QED) is 0.713. The highest BCUT2D eigenvalue weighted by atomic mass is 35.5. The van der Waals surface area contributed by atoms with Gasteiger partial charge in [-0.1, -0.05) is 29.8 Å². The molecular weight excluding hydrogens is 310 g/mol. The van der Waals surface area contributed by atoms with Gasteiger partial charge in [-0.3, -0.25) is 4.79 Å². The van der Waals surface area contributed by atoms with Gasteiger partial charge in [-0.15, -0.1) is 0 Å². The van der Waals surface area contributed by atoms with Crippen LogP contribution in [0.5, 0.6) is 5.75 Å². The van der Waals surface area contributed by atoms with Gasteiger partial charge in [-0.05, 0) is 30.3 Å². The maximum absolute atomic E-state index is 12.5. The number of rotatable bonds is 2. The number of aromatic amines is 1. The van der Waals surface area contributed by atoms with Crippen LogP contribution in [-0.4, -0.2) is 14.6 Å². The molecule has 0 aliphatic carbocycles. The molecule has 1 unspecified atom stereocenters. The Hall–Kier alpha value is -1.95. The Balaban J connectivity index is 2.24. The fourth-order valence-electron chi connectivity index (χ4n) is 2.07. The third kappa shape index (κ3) is 2.51. The fourth-order valence-corrected chi connectivity index (χ4v) is 3.39. The van der Waals surface area contributed by atoms with Crippen molar-refractivity contribution in [3.05, 3.63) is 63.9 Å². The zero-order chi connectivity index (χ0) is 15.0. The molecule has 1 atom stereocenters. The Labute approximate surface area is 128 Å². The lowest BCUT2D eigenvalue weighted by atomic mass is 10.2. The second-order valence-electron chi connectivity index (χ2n) is 4.40. The molecule has 0 radical (unpaired) electrons. The Morgan fingerprint density at radius 3 is 2.57 bits per heavy atom. The molecule has 6 heteroatoms. The Morgan fingerprint density at radius 1 is 1.14 bits per heavy atom. The number of aromatic hydroxyl groups is 1. The van der Waals surface area contributed by atoms with Crippen molar-refractivity contribution in [1.82, 2.24) is 4.98 Å². The number of H-pyrrole nitrogens is 1. The minimum atomic E-state index is -1.76. The highest BCUT2D eigenvalue weighted by Gasteiger charge is 2.25. The smallest absolute Gasteiger partial charge is 0.308 e. The number of hydrogen-bond acceptors (Lipinski definition) is 3. The molecule has 3 rings (SSSR count). The zero-order valence-electron chi connectivity index (χ0n) is 10.7. The molecule has 0 aliphatic heterocycles. The predicted octanol–water partition coefficient (Wildman–Crippen LogP) is 3.05. The molecule has 1 aromatic heterocycles. The average molecular weight is 320 g/mol. The van der Waals surface area contributed by atoms with Crippen LogP contribution in [0.4, 0.5) is 0 Å². The van der Waals surface area contributed by atoms with E-state index in [0.29, 0.717) is 20.8 Å². The molecule has 0 aliphatic rings. The lowest BCUT2D eigenvalue weighted by molar-refractivity contribution is 0.462. The number of hydrogen-bond donors (Lipinski definition) is 2. The van der Waals surface area contributed by atoms with Crippen molar-refractivity contribution >= 4 is 33.7 Å². The molecule has 0 saturated carbocycles. The molecule has 0 spiro atoms.